The van der Waals surface area contributed by atoms with Crippen molar-refractivity contribution < 1.29 is 9.47 Å². The fourth-order valence-corrected chi connectivity index (χ4v) is 2.03. The van der Waals surface area contributed by atoms with E-state index in [1.165, 1.54) is 19.3 Å². The summed E-state index contributed by atoms with van der Waals surface area (Å²) in [7, 11) is 0. The molecule has 1 aliphatic heterocycles. The van der Waals surface area contributed by atoms with E-state index in [1.54, 1.807) is 0 Å². The molecule has 16 heavy (non-hydrogen) atoms. The quantitative estimate of drug-likeness (QED) is 0.719. The molecule has 2 fully saturated rings. The van der Waals surface area contributed by atoms with Gasteiger partial charge in [-0.3, -0.25) is 0 Å². The standard InChI is InChI=1S/C13H25NO2/c1-10(2)13(7-14-12-3-4-12)16-9-11-5-6-15-8-11/h10-14H,3-9H2,1-2H3. The van der Waals surface area contributed by atoms with Gasteiger partial charge in [-0.1, -0.05) is 13.8 Å². The molecular weight excluding hydrogens is 202 g/mol. The van der Waals surface area contributed by atoms with Gasteiger partial charge in [-0.25, -0.2) is 0 Å². The van der Waals surface area contributed by atoms with Gasteiger partial charge in [-0.05, 0) is 25.2 Å². The zero-order valence-electron chi connectivity index (χ0n) is 10.6. The Balaban J connectivity index is 1.64. The largest absolute Gasteiger partial charge is 0.381 e. The molecule has 0 aromatic heterocycles. The van der Waals surface area contributed by atoms with Crippen molar-refractivity contribution in [1.29, 1.82) is 0 Å². The maximum absolute atomic E-state index is 6.02. The highest BCUT2D eigenvalue weighted by atomic mass is 16.5. The molecule has 2 aliphatic rings. The first-order valence-electron chi connectivity index (χ1n) is 6.68. The van der Waals surface area contributed by atoms with Crippen LogP contribution in [0.15, 0.2) is 0 Å². The van der Waals surface area contributed by atoms with Gasteiger partial charge in [0.15, 0.2) is 0 Å². The minimum atomic E-state index is 0.362. The summed E-state index contributed by atoms with van der Waals surface area (Å²) in [5, 5.41) is 3.56. The molecule has 0 amide bonds. The van der Waals surface area contributed by atoms with Gasteiger partial charge >= 0.3 is 0 Å². The summed E-state index contributed by atoms with van der Waals surface area (Å²) in [5.41, 5.74) is 0. The Kier molecular flexibility index (Phi) is 4.62. The van der Waals surface area contributed by atoms with Crippen LogP contribution in [-0.4, -0.2) is 38.5 Å². The van der Waals surface area contributed by atoms with Gasteiger partial charge in [0.25, 0.3) is 0 Å². The van der Waals surface area contributed by atoms with Crippen molar-refractivity contribution >= 4 is 0 Å². The van der Waals surface area contributed by atoms with Crippen molar-refractivity contribution in [3.05, 3.63) is 0 Å². The predicted octanol–water partition coefficient (Wildman–Crippen LogP) is 1.82. The molecule has 1 saturated heterocycles. The van der Waals surface area contributed by atoms with E-state index in [-0.39, 0.29) is 0 Å². The fourth-order valence-electron chi connectivity index (χ4n) is 2.03. The van der Waals surface area contributed by atoms with Gasteiger partial charge < -0.3 is 14.8 Å². The molecule has 0 aromatic rings. The summed E-state index contributed by atoms with van der Waals surface area (Å²) in [6.45, 7) is 8.17. The van der Waals surface area contributed by atoms with Crippen molar-refractivity contribution in [2.75, 3.05) is 26.4 Å². The van der Waals surface area contributed by atoms with Gasteiger partial charge in [0.05, 0.1) is 19.3 Å². The molecule has 94 valence electrons. The van der Waals surface area contributed by atoms with Crippen molar-refractivity contribution in [2.45, 2.75) is 45.3 Å². The molecule has 3 nitrogen and oxygen atoms in total. The van der Waals surface area contributed by atoms with Crippen LogP contribution < -0.4 is 5.32 Å². The van der Waals surface area contributed by atoms with Crippen LogP contribution >= 0.6 is 0 Å². The number of rotatable bonds is 7. The molecule has 2 unspecified atom stereocenters. The summed E-state index contributed by atoms with van der Waals surface area (Å²) in [6, 6.07) is 0.777. The van der Waals surface area contributed by atoms with E-state index in [2.05, 4.69) is 19.2 Å². The van der Waals surface area contributed by atoms with Crippen LogP contribution in [0.3, 0.4) is 0 Å². The Morgan fingerprint density at radius 3 is 2.69 bits per heavy atom. The third-order valence-electron chi connectivity index (χ3n) is 3.50. The molecule has 0 bridgehead atoms. The van der Waals surface area contributed by atoms with E-state index < -0.39 is 0 Å². The average Bonchev–Trinajstić information content (AvgIpc) is 2.93. The van der Waals surface area contributed by atoms with E-state index in [0.29, 0.717) is 17.9 Å². The summed E-state index contributed by atoms with van der Waals surface area (Å²) < 4.78 is 11.4. The van der Waals surface area contributed by atoms with Crippen LogP contribution in [0.25, 0.3) is 0 Å². The Hall–Kier alpha value is -0.120. The van der Waals surface area contributed by atoms with Crippen molar-refractivity contribution in [2.24, 2.45) is 11.8 Å². The second kappa shape index (κ2) is 5.99. The second-order valence-electron chi connectivity index (χ2n) is 5.53. The normalized spacial score (nSPS) is 27.6. The van der Waals surface area contributed by atoms with Crippen molar-refractivity contribution in [3.8, 4) is 0 Å². The van der Waals surface area contributed by atoms with E-state index in [4.69, 9.17) is 9.47 Å². The lowest BCUT2D eigenvalue weighted by Crippen LogP contribution is -2.35. The monoisotopic (exact) mass is 227 g/mol. The molecule has 1 heterocycles. The minimum absolute atomic E-state index is 0.362. The maximum atomic E-state index is 6.02. The van der Waals surface area contributed by atoms with Crippen LogP contribution in [0.2, 0.25) is 0 Å². The first-order valence-corrected chi connectivity index (χ1v) is 6.68. The van der Waals surface area contributed by atoms with Crippen LogP contribution in [0.1, 0.15) is 33.1 Å². The summed E-state index contributed by atoms with van der Waals surface area (Å²) in [6.07, 6.45) is 4.23. The van der Waals surface area contributed by atoms with Crippen LogP contribution in [0.4, 0.5) is 0 Å². The highest BCUT2D eigenvalue weighted by Gasteiger charge is 2.24. The van der Waals surface area contributed by atoms with E-state index >= 15 is 0 Å². The summed E-state index contributed by atoms with van der Waals surface area (Å²) in [5.74, 6) is 1.22. The molecule has 0 aromatic carbocycles. The van der Waals surface area contributed by atoms with Gasteiger partial charge in [0, 0.05) is 25.1 Å². The van der Waals surface area contributed by atoms with E-state index in [0.717, 1.165) is 32.4 Å². The zero-order chi connectivity index (χ0) is 11.4. The number of hydrogen-bond acceptors (Lipinski definition) is 3. The molecule has 1 N–H and O–H groups in total. The highest BCUT2D eigenvalue weighted by molar-refractivity contribution is 4.82. The lowest BCUT2D eigenvalue weighted by Gasteiger charge is -2.23. The lowest BCUT2D eigenvalue weighted by atomic mass is 10.1. The molecule has 0 spiro atoms. The number of hydrogen-bond donors (Lipinski definition) is 1. The second-order valence-corrected chi connectivity index (χ2v) is 5.53. The molecule has 2 rings (SSSR count). The first kappa shape index (κ1) is 12.3. The van der Waals surface area contributed by atoms with Crippen LogP contribution in [-0.2, 0) is 9.47 Å². The van der Waals surface area contributed by atoms with Crippen LogP contribution in [0.5, 0.6) is 0 Å². The summed E-state index contributed by atoms with van der Waals surface area (Å²) in [4.78, 5) is 0. The molecule has 2 atom stereocenters. The van der Waals surface area contributed by atoms with Crippen molar-refractivity contribution in [1.82, 2.24) is 5.32 Å². The maximum Gasteiger partial charge on any atom is 0.0722 e. The third-order valence-corrected chi connectivity index (χ3v) is 3.50. The Morgan fingerprint density at radius 1 is 1.31 bits per heavy atom. The molecular formula is C13H25NO2. The Labute approximate surface area is 98.9 Å². The molecule has 1 aliphatic carbocycles. The van der Waals surface area contributed by atoms with E-state index in [1.807, 2.05) is 0 Å². The molecule has 3 heteroatoms. The number of ether oxygens (including phenoxy) is 2. The number of nitrogens with one attached hydrogen (secondary N) is 1. The average molecular weight is 227 g/mol. The SMILES string of the molecule is CC(C)C(CNC1CC1)OCC1CCOC1. The summed E-state index contributed by atoms with van der Waals surface area (Å²) >= 11 is 0. The smallest absolute Gasteiger partial charge is 0.0722 e. The van der Waals surface area contributed by atoms with Gasteiger partial charge in [0.2, 0.25) is 0 Å². The Morgan fingerprint density at radius 2 is 2.12 bits per heavy atom. The molecule has 1 saturated carbocycles. The Bertz CT molecular complexity index is 198. The lowest BCUT2D eigenvalue weighted by molar-refractivity contribution is 0.000917. The first-order chi connectivity index (χ1) is 7.75. The predicted molar refractivity (Wildman–Crippen MR) is 64.5 cm³/mol. The van der Waals surface area contributed by atoms with Gasteiger partial charge in [0.1, 0.15) is 0 Å². The third kappa shape index (κ3) is 4.04. The van der Waals surface area contributed by atoms with Crippen LogP contribution in [0, 0.1) is 11.8 Å². The van der Waals surface area contributed by atoms with E-state index in [9.17, 15) is 0 Å². The fraction of sp³-hybridized carbons (Fsp3) is 1.00. The topological polar surface area (TPSA) is 30.5 Å². The van der Waals surface area contributed by atoms with Crippen molar-refractivity contribution in [3.63, 3.8) is 0 Å². The highest BCUT2D eigenvalue weighted by Crippen LogP contribution is 2.20. The minimum Gasteiger partial charge on any atom is -0.381 e. The molecule has 0 radical (unpaired) electrons. The van der Waals surface area contributed by atoms with Gasteiger partial charge in [-0.2, -0.15) is 0 Å². The zero-order valence-corrected chi connectivity index (χ0v) is 10.6. The van der Waals surface area contributed by atoms with Gasteiger partial charge in [-0.15, -0.1) is 0 Å².